The summed E-state index contributed by atoms with van der Waals surface area (Å²) in [6.45, 7) is 4.93. The number of nitrogens with one attached hydrogen (secondary N) is 1. The van der Waals surface area contributed by atoms with Gasteiger partial charge in [0.1, 0.15) is 29.8 Å². The third-order valence-corrected chi connectivity index (χ3v) is 5.82. The van der Waals surface area contributed by atoms with E-state index < -0.39 is 5.91 Å². The van der Waals surface area contributed by atoms with Gasteiger partial charge in [-0.15, -0.1) is 0 Å². The second kappa shape index (κ2) is 9.82. The first kappa shape index (κ1) is 21.8. The summed E-state index contributed by atoms with van der Waals surface area (Å²) in [7, 11) is 0. The number of carbonyl (C=O) groups excluding carboxylic acids is 1. The summed E-state index contributed by atoms with van der Waals surface area (Å²) in [5, 5.41) is 15.6. The van der Waals surface area contributed by atoms with Gasteiger partial charge in [-0.05, 0) is 66.9 Å². The predicted molar refractivity (Wildman–Crippen MR) is 129 cm³/mol. The van der Waals surface area contributed by atoms with Crippen LogP contribution in [-0.4, -0.2) is 40.2 Å². The van der Waals surface area contributed by atoms with Crippen molar-refractivity contribution in [1.29, 1.82) is 5.41 Å². The van der Waals surface area contributed by atoms with Crippen molar-refractivity contribution in [2.75, 3.05) is 13.2 Å². The van der Waals surface area contributed by atoms with Gasteiger partial charge in [-0.2, -0.15) is 15.1 Å². The predicted octanol–water partition coefficient (Wildman–Crippen LogP) is 4.87. The Bertz CT molecular complexity index is 1120. The van der Waals surface area contributed by atoms with Gasteiger partial charge in [0.2, 0.25) is 5.17 Å². The van der Waals surface area contributed by atoms with Gasteiger partial charge in [0.15, 0.2) is 5.84 Å². The van der Waals surface area contributed by atoms with E-state index in [1.807, 2.05) is 55.5 Å². The van der Waals surface area contributed by atoms with Crippen molar-refractivity contribution in [3.05, 3.63) is 65.2 Å². The molecule has 2 aliphatic heterocycles. The van der Waals surface area contributed by atoms with Gasteiger partial charge in [0.25, 0.3) is 5.91 Å². The number of fused-ring (bicyclic) bond motifs is 1. The van der Waals surface area contributed by atoms with Crippen molar-refractivity contribution in [1.82, 2.24) is 5.01 Å². The minimum atomic E-state index is -0.421. The molecule has 2 aromatic rings. The zero-order chi connectivity index (χ0) is 22.5. The molecule has 8 heteroatoms. The van der Waals surface area contributed by atoms with Crippen LogP contribution in [0.5, 0.6) is 11.5 Å². The Balaban J connectivity index is 1.36. The highest BCUT2D eigenvalue weighted by Crippen LogP contribution is 2.30. The number of para-hydroxylation sites is 1. The molecule has 2 heterocycles. The maximum absolute atomic E-state index is 12.5. The van der Waals surface area contributed by atoms with Gasteiger partial charge in [0.05, 0.1) is 5.57 Å². The number of hydrogen-bond donors (Lipinski definition) is 1. The van der Waals surface area contributed by atoms with Gasteiger partial charge >= 0.3 is 0 Å². The summed E-state index contributed by atoms with van der Waals surface area (Å²) in [5.74, 6) is 1.18. The number of amidine groups is 2. The van der Waals surface area contributed by atoms with Gasteiger partial charge in [0, 0.05) is 0 Å². The number of nitrogens with zero attached hydrogens (tertiary/aromatic N) is 3. The summed E-state index contributed by atoms with van der Waals surface area (Å²) >= 11 is 1.36. The lowest BCUT2D eigenvalue weighted by atomic mass is 10.1. The zero-order valence-electron chi connectivity index (χ0n) is 18.0. The first-order valence-corrected chi connectivity index (χ1v) is 11.3. The van der Waals surface area contributed by atoms with Crippen molar-refractivity contribution in [3.63, 3.8) is 0 Å². The minimum Gasteiger partial charge on any atom is -0.490 e. The van der Waals surface area contributed by atoms with Crippen LogP contribution in [0.2, 0.25) is 0 Å². The molecule has 0 unspecified atom stereocenters. The molecule has 0 bridgehead atoms. The molecular formula is C24H24N4O3S. The molecule has 1 amide bonds. The Morgan fingerprint density at radius 1 is 1.09 bits per heavy atom. The van der Waals surface area contributed by atoms with E-state index in [0.29, 0.717) is 24.1 Å². The highest BCUT2D eigenvalue weighted by atomic mass is 32.2. The number of thioether (sulfide) groups is 1. The van der Waals surface area contributed by atoms with Gasteiger partial charge in [-0.3, -0.25) is 10.2 Å². The number of hydrazone groups is 1. The number of ether oxygens (including phenoxy) is 2. The van der Waals surface area contributed by atoms with E-state index in [2.05, 4.69) is 17.0 Å². The third kappa shape index (κ3) is 4.91. The number of hydrogen-bond acceptors (Lipinski definition) is 6. The molecule has 32 heavy (non-hydrogen) atoms. The fraction of sp³-hybridized carbons (Fsp3) is 0.250. The molecule has 0 saturated carbocycles. The van der Waals surface area contributed by atoms with Crippen LogP contribution in [0.15, 0.2) is 64.2 Å². The van der Waals surface area contributed by atoms with E-state index in [1.54, 1.807) is 6.08 Å². The monoisotopic (exact) mass is 448 g/mol. The van der Waals surface area contributed by atoms with Crippen molar-refractivity contribution in [2.24, 2.45) is 10.1 Å². The number of benzene rings is 2. The largest absolute Gasteiger partial charge is 0.490 e. The molecule has 1 N–H and O–H groups in total. The Morgan fingerprint density at radius 2 is 1.84 bits per heavy atom. The van der Waals surface area contributed by atoms with E-state index in [1.165, 1.54) is 16.8 Å². The lowest BCUT2D eigenvalue weighted by molar-refractivity contribution is -0.114. The van der Waals surface area contributed by atoms with Crippen LogP contribution in [0.1, 0.15) is 30.9 Å². The molecule has 0 saturated heterocycles. The fourth-order valence-electron chi connectivity index (χ4n) is 3.20. The normalized spacial score (nSPS) is 16.7. The van der Waals surface area contributed by atoms with E-state index >= 15 is 0 Å². The van der Waals surface area contributed by atoms with Gasteiger partial charge < -0.3 is 9.47 Å². The molecule has 0 aliphatic carbocycles. The molecule has 7 nitrogen and oxygen atoms in total. The molecule has 0 fully saturated rings. The second-order valence-electron chi connectivity index (χ2n) is 7.30. The van der Waals surface area contributed by atoms with Crippen LogP contribution >= 0.6 is 11.8 Å². The van der Waals surface area contributed by atoms with Crippen LogP contribution < -0.4 is 9.47 Å². The molecule has 0 spiro atoms. The van der Waals surface area contributed by atoms with Crippen LogP contribution in [0.3, 0.4) is 0 Å². The Kier molecular flexibility index (Phi) is 6.70. The summed E-state index contributed by atoms with van der Waals surface area (Å²) in [4.78, 5) is 16.6. The van der Waals surface area contributed by atoms with E-state index in [4.69, 9.17) is 14.9 Å². The molecule has 0 atom stereocenters. The second-order valence-corrected chi connectivity index (χ2v) is 8.34. The van der Waals surface area contributed by atoms with Crippen LogP contribution in [-0.2, 0) is 4.79 Å². The Hall–Kier alpha value is -3.39. The highest BCUT2D eigenvalue weighted by Gasteiger charge is 2.35. The zero-order valence-corrected chi connectivity index (χ0v) is 18.8. The number of aliphatic imine (C=N–C) groups is 1. The summed E-state index contributed by atoms with van der Waals surface area (Å²) in [6.07, 6.45) is 3.41. The Labute approximate surface area is 191 Å². The van der Waals surface area contributed by atoms with Crippen LogP contribution in [0, 0.1) is 12.3 Å². The molecule has 0 aromatic heterocycles. The first-order chi connectivity index (χ1) is 15.5. The van der Waals surface area contributed by atoms with Crippen LogP contribution in [0.25, 0.3) is 6.08 Å². The van der Waals surface area contributed by atoms with Crippen LogP contribution in [0.4, 0.5) is 0 Å². The quantitative estimate of drug-likeness (QED) is 0.460. The molecule has 2 aromatic carbocycles. The number of rotatable bonds is 8. The molecule has 164 valence electrons. The standard InChI is InChI=1S/C24H24N4O3S/c1-3-6-21-27-28-22(25)19(23(29)26-24(28)32-21)15-17-9-11-18(12-10-17)30-13-14-31-20-8-5-4-7-16(20)2/h4-5,7-12,15,25H,3,6,13-14H2,1-2H3. The van der Waals surface area contributed by atoms with Gasteiger partial charge in [-0.1, -0.05) is 37.3 Å². The van der Waals surface area contributed by atoms with E-state index in [0.717, 1.165) is 34.8 Å². The molecule has 0 radical (unpaired) electrons. The fourth-order valence-corrected chi connectivity index (χ4v) is 4.19. The van der Waals surface area contributed by atoms with Crippen molar-refractivity contribution in [3.8, 4) is 11.5 Å². The van der Waals surface area contributed by atoms with Gasteiger partial charge in [-0.25, -0.2) is 0 Å². The number of aryl methyl sites for hydroxylation is 1. The smallest absolute Gasteiger partial charge is 0.283 e. The molecule has 4 rings (SSSR count). The maximum atomic E-state index is 12.5. The lowest BCUT2D eigenvalue weighted by Crippen LogP contribution is -2.35. The van der Waals surface area contributed by atoms with Crippen molar-refractivity contribution >= 4 is 39.8 Å². The van der Waals surface area contributed by atoms with Crippen molar-refractivity contribution in [2.45, 2.75) is 26.7 Å². The maximum Gasteiger partial charge on any atom is 0.283 e. The summed E-state index contributed by atoms with van der Waals surface area (Å²) < 4.78 is 11.5. The first-order valence-electron chi connectivity index (χ1n) is 10.5. The summed E-state index contributed by atoms with van der Waals surface area (Å²) in [5.41, 5.74) is 2.09. The molecular weight excluding hydrogens is 424 g/mol. The Morgan fingerprint density at radius 3 is 2.59 bits per heavy atom. The lowest BCUT2D eigenvalue weighted by Gasteiger charge is -2.20. The minimum absolute atomic E-state index is 0.0484. The number of carbonyl (C=O) groups is 1. The van der Waals surface area contributed by atoms with Crippen molar-refractivity contribution < 1.29 is 14.3 Å². The number of amides is 1. The average molecular weight is 449 g/mol. The molecule has 2 aliphatic rings. The van der Waals surface area contributed by atoms with E-state index in [9.17, 15) is 4.79 Å². The highest BCUT2D eigenvalue weighted by molar-refractivity contribution is 8.26. The topological polar surface area (TPSA) is 87.3 Å². The summed E-state index contributed by atoms with van der Waals surface area (Å²) in [6, 6.07) is 15.2. The van der Waals surface area contributed by atoms with E-state index in [-0.39, 0.29) is 11.4 Å². The third-order valence-electron chi connectivity index (χ3n) is 4.85. The SMILES string of the molecule is CCCC1=NN2C(=N)C(=Cc3ccc(OCCOc4ccccc4C)cc3)C(=O)N=C2S1. The average Bonchev–Trinajstić information content (AvgIpc) is 3.19.